The SMILES string of the molecule is CCCNCc1ccoc1COc1ccc(OC)cc1Br. The molecule has 21 heavy (non-hydrogen) atoms. The first-order valence-corrected chi connectivity index (χ1v) is 7.76. The van der Waals surface area contributed by atoms with Crippen molar-refractivity contribution in [1.82, 2.24) is 5.32 Å². The van der Waals surface area contributed by atoms with Crippen LogP contribution in [0.4, 0.5) is 0 Å². The molecule has 1 aromatic carbocycles. The maximum Gasteiger partial charge on any atom is 0.146 e. The summed E-state index contributed by atoms with van der Waals surface area (Å²) in [6, 6.07) is 7.60. The molecule has 2 rings (SSSR count). The summed E-state index contributed by atoms with van der Waals surface area (Å²) in [5, 5.41) is 3.36. The largest absolute Gasteiger partial charge is 0.497 e. The molecule has 0 saturated heterocycles. The molecule has 0 aliphatic carbocycles. The minimum absolute atomic E-state index is 0.404. The van der Waals surface area contributed by atoms with E-state index >= 15 is 0 Å². The van der Waals surface area contributed by atoms with Crippen molar-refractivity contribution >= 4 is 15.9 Å². The average molecular weight is 354 g/mol. The second-order valence-corrected chi connectivity index (χ2v) is 5.49. The topological polar surface area (TPSA) is 43.6 Å². The minimum atomic E-state index is 0.404. The Labute approximate surface area is 133 Å². The van der Waals surface area contributed by atoms with Gasteiger partial charge in [-0.05, 0) is 53.2 Å². The number of halogens is 1. The van der Waals surface area contributed by atoms with Crippen LogP contribution in [0.2, 0.25) is 0 Å². The van der Waals surface area contributed by atoms with Crippen molar-refractivity contribution in [3.8, 4) is 11.5 Å². The summed E-state index contributed by atoms with van der Waals surface area (Å²) in [6.07, 6.45) is 2.81. The van der Waals surface area contributed by atoms with E-state index in [0.29, 0.717) is 6.61 Å². The quantitative estimate of drug-likeness (QED) is 0.724. The Morgan fingerprint density at radius 3 is 2.86 bits per heavy atom. The lowest BCUT2D eigenvalue weighted by Gasteiger charge is -2.09. The van der Waals surface area contributed by atoms with Crippen molar-refractivity contribution in [3.05, 3.63) is 46.3 Å². The van der Waals surface area contributed by atoms with Crippen LogP contribution in [0.15, 0.2) is 39.4 Å². The highest BCUT2D eigenvalue weighted by molar-refractivity contribution is 9.10. The van der Waals surface area contributed by atoms with Crippen LogP contribution in [-0.2, 0) is 13.2 Å². The van der Waals surface area contributed by atoms with E-state index in [1.54, 1.807) is 13.4 Å². The van der Waals surface area contributed by atoms with Gasteiger partial charge in [-0.2, -0.15) is 0 Å². The van der Waals surface area contributed by atoms with Gasteiger partial charge in [0.2, 0.25) is 0 Å². The van der Waals surface area contributed by atoms with E-state index in [2.05, 4.69) is 28.2 Å². The zero-order chi connectivity index (χ0) is 15.1. The standard InChI is InChI=1S/C16H20BrNO3/c1-3-7-18-10-12-6-8-20-16(12)11-21-15-5-4-13(19-2)9-14(15)17/h4-6,8-9,18H,3,7,10-11H2,1-2H3. The van der Waals surface area contributed by atoms with Gasteiger partial charge in [-0.25, -0.2) is 0 Å². The molecule has 1 N–H and O–H groups in total. The number of rotatable bonds is 8. The summed E-state index contributed by atoms with van der Waals surface area (Å²) < 4.78 is 17.3. The van der Waals surface area contributed by atoms with Gasteiger partial charge in [0.15, 0.2) is 0 Å². The van der Waals surface area contributed by atoms with Gasteiger partial charge in [-0.3, -0.25) is 0 Å². The predicted molar refractivity (Wildman–Crippen MR) is 85.7 cm³/mol. The van der Waals surface area contributed by atoms with Crippen LogP contribution < -0.4 is 14.8 Å². The summed E-state index contributed by atoms with van der Waals surface area (Å²) >= 11 is 3.47. The normalized spacial score (nSPS) is 10.6. The first kappa shape index (κ1) is 15.9. The molecule has 0 radical (unpaired) electrons. The van der Waals surface area contributed by atoms with E-state index < -0.39 is 0 Å². The van der Waals surface area contributed by atoms with Gasteiger partial charge >= 0.3 is 0 Å². The molecule has 0 fully saturated rings. The molecule has 114 valence electrons. The maximum absolute atomic E-state index is 5.80. The van der Waals surface area contributed by atoms with Crippen molar-refractivity contribution in [2.45, 2.75) is 26.5 Å². The van der Waals surface area contributed by atoms with E-state index in [0.717, 1.165) is 46.8 Å². The summed E-state index contributed by atoms with van der Waals surface area (Å²) in [4.78, 5) is 0. The van der Waals surface area contributed by atoms with Crippen LogP contribution in [0.3, 0.4) is 0 Å². The highest BCUT2D eigenvalue weighted by Gasteiger charge is 2.09. The number of hydrogen-bond acceptors (Lipinski definition) is 4. The zero-order valence-electron chi connectivity index (χ0n) is 12.3. The molecule has 0 spiro atoms. The summed E-state index contributed by atoms with van der Waals surface area (Å²) in [5.41, 5.74) is 1.13. The molecule has 5 heteroatoms. The first-order chi connectivity index (χ1) is 10.2. The van der Waals surface area contributed by atoms with Gasteiger partial charge in [0.1, 0.15) is 23.9 Å². The van der Waals surface area contributed by atoms with Crippen LogP contribution in [-0.4, -0.2) is 13.7 Å². The fourth-order valence-electron chi connectivity index (χ4n) is 1.92. The van der Waals surface area contributed by atoms with E-state index in [1.807, 2.05) is 24.3 Å². The molecule has 4 nitrogen and oxygen atoms in total. The van der Waals surface area contributed by atoms with Gasteiger partial charge < -0.3 is 19.2 Å². The fraction of sp³-hybridized carbons (Fsp3) is 0.375. The molecule has 1 aromatic heterocycles. The van der Waals surface area contributed by atoms with Crippen LogP contribution in [0.25, 0.3) is 0 Å². The third-order valence-electron chi connectivity index (χ3n) is 3.08. The molecule has 0 aliphatic heterocycles. The maximum atomic E-state index is 5.80. The lowest BCUT2D eigenvalue weighted by Crippen LogP contribution is -2.14. The molecule has 0 aliphatic rings. The van der Waals surface area contributed by atoms with Gasteiger partial charge in [0, 0.05) is 12.1 Å². The fourth-order valence-corrected chi connectivity index (χ4v) is 2.39. The molecule has 0 saturated carbocycles. The molecule has 0 bridgehead atoms. The first-order valence-electron chi connectivity index (χ1n) is 6.97. The second-order valence-electron chi connectivity index (χ2n) is 4.63. The van der Waals surface area contributed by atoms with Crippen molar-refractivity contribution in [2.24, 2.45) is 0 Å². The Bertz CT molecular complexity index is 568. The van der Waals surface area contributed by atoms with E-state index in [9.17, 15) is 0 Å². The van der Waals surface area contributed by atoms with E-state index in [4.69, 9.17) is 13.9 Å². The lowest BCUT2D eigenvalue weighted by atomic mass is 10.2. The van der Waals surface area contributed by atoms with Crippen molar-refractivity contribution < 1.29 is 13.9 Å². The van der Waals surface area contributed by atoms with Crippen LogP contribution in [0.1, 0.15) is 24.7 Å². The summed E-state index contributed by atoms with van der Waals surface area (Å²) in [6.45, 7) is 4.34. The number of furan rings is 1. The molecular weight excluding hydrogens is 334 g/mol. The molecular formula is C16H20BrNO3. The van der Waals surface area contributed by atoms with Crippen LogP contribution in [0.5, 0.6) is 11.5 Å². The number of nitrogens with one attached hydrogen (secondary N) is 1. The Morgan fingerprint density at radius 1 is 1.29 bits per heavy atom. The number of hydrogen-bond donors (Lipinski definition) is 1. The summed E-state index contributed by atoms with van der Waals surface area (Å²) in [5.74, 6) is 2.40. The molecule has 2 aromatic rings. The Hall–Kier alpha value is -1.46. The Morgan fingerprint density at radius 2 is 2.14 bits per heavy atom. The van der Waals surface area contributed by atoms with Gasteiger partial charge in [-0.15, -0.1) is 0 Å². The molecule has 0 unspecified atom stereocenters. The van der Waals surface area contributed by atoms with Crippen molar-refractivity contribution in [1.29, 1.82) is 0 Å². The Kier molecular flexibility index (Phi) is 6.14. The monoisotopic (exact) mass is 353 g/mol. The predicted octanol–water partition coefficient (Wildman–Crippen LogP) is 4.13. The Balaban J connectivity index is 1.95. The smallest absolute Gasteiger partial charge is 0.146 e. The second kappa shape index (κ2) is 8.10. The number of ether oxygens (including phenoxy) is 2. The zero-order valence-corrected chi connectivity index (χ0v) is 13.9. The third-order valence-corrected chi connectivity index (χ3v) is 3.70. The van der Waals surface area contributed by atoms with E-state index in [-0.39, 0.29) is 0 Å². The van der Waals surface area contributed by atoms with Crippen molar-refractivity contribution in [2.75, 3.05) is 13.7 Å². The van der Waals surface area contributed by atoms with Gasteiger partial charge in [0.05, 0.1) is 17.8 Å². The van der Waals surface area contributed by atoms with Crippen LogP contribution in [0, 0.1) is 0 Å². The minimum Gasteiger partial charge on any atom is -0.497 e. The molecule has 0 amide bonds. The molecule has 1 heterocycles. The third kappa shape index (κ3) is 4.51. The summed E-state index contributed by atoms with van der Waals surface area (Å²) in [7, 11) is 1.64. The molecule has 0 atom stereocenters. The highest BCUT2D eigenvalue weighted by Crippen LogP contribution is 2.30. The highest BCUT2D eigenvalue weighted by atomic mass is 79.9. The van der Waals surface area contributed by atoms with Crippen molar-refractivity contribution in [3.63, 3.8) is 0 Å². The van der Waals surface area contributed by atoms with Crippen LogP contribution >= 0.6 is 15.9 Å². The van der Waals surface area contributed by atoms with E-state index in [1.165, 1.54) is 0 Å². The lowest BCUT2D eigenvalue weighted by molar-refractivity contribution is 0.266. The average Bonchev–Trinajstić information content (AvgIpc) is 2.93. The number of methoxy groups -OCH3 is 1. The number of benzene rings is 1. The van der Waals surface area contributed by atoms with Gasteiger partial charge in [-0.1, -0.05) is 6.92 Å². The van der Waals surface area contributed by atoms with Gasteiger partial charge in [0.25, 0.3) is 0 Å².